The largest absolute Gasteiger partial charge is 0.375 e. The number of amides is 1. The summed E-state index contributed by atoms with van der Waals surface area (Å²) in [5.41, 5.74) is 1.87. The molecular formula is C16H20N4O2S. The van der Waals surface area contributed by atoms with Crippen LogP contribution in [0.15, 0.2) is 35.7 Å². The number of morpholine rings is 1. The molecular weight excluding hydrogens is 312 g/mol. The van der Waals surface area contributed by atoms with E-state index < -0.39 is 0 Å². The van der Waals surface area contributed by atoms with Crippen molar-refractivity contribution in [3.8, 4) is 0 Å². The first-order valence-corrected chi connectivity index (χ1v) is 8.61. The minimum Gasteiger partial charge on any atom is -0.375 e. The van der Waals surface area contributed by atoms with E-state index in [0.717, 1.165) is 22.0 Å². The first-order chi connectivity index (χ1) is 11.1. The molecule has 2 heterocycles. The van der Waals surface area contributed by atoms with Gasteiger partial charge in [-0.15, -0.1) is 0 Å². The van der Waals surface area contributed by atoms with Gasteiger partial charge in [-0.05, 0) is 31.5 Å². The summed E-state index contributed by atoms with van der Waals surface area (Å²) in [5, 5.41) is 7.43. The minimum atomic E-state index is 0.0714. The third kappa shape index (κ3) is 3.92. The molecule has 23 heavy (non-hydrogen) atoms. The lowest BCUT2D eigenvalue weighted by Gasteiger charge is -2.36. The third-order valence-electron chi connectivity index (χ3n) is 3.84. The normalized spacial score (nSPS) is 21.4. The topological polar surface area (TPSA) is 71.1 Å². The molecule has 0 aliphatic carbocycles. The smallest absolute Gasteiger partial charge is 0.254 e. The number of hydrogen-bond acceptors (Lipinski definition) is 5. The summed E-state index contributed by atoms with van der Waals surface area (Å²) in [6.07, 6.45) is 1.59. The van der Waals surface area contributed by atoms with Crippen molar-refractivity contribution in [3.63, 3.8) is 0 Å². The average molecular weight is 332 g/mol. The second kappa shape index (κ2) is 7.14. The summed E-state index contributed by atoms with van der Waals surface area (Å²) >= 11 is 1.58. The highest BCUT2D eigenvalue weighted by Crippen LogP contribution is 2.20. The van der Waals surface area contributed by atoms with Crippen LogP contribution in [-0.2, 0) is 10.5 Å². The monoisotopic (exact) mass is 332 g/mol. The van der Waals surface area contributed by atoms with E-state index in [4.69, 9.17) is 4.74 Å². The fourth-order valence-electron chi connectivity index (χ4n) is 2.51. The number of aromatic amines is 1. The van der Waals surface area contributed by atoms with Gasteiger partial charge < -0.3 is 9.64 Å². The Morgan fingerprint density at radius 3 is 2.87 bits per heavy atom. The lowest BCUT2D eigenvalue weighted by Crippen LogP contribution is -2.50. The first kappa shape index (κ1) is 16.0. The number of aromatic nitrogens is 3. The molecule has 0 unspecified atom stereocenters. The summed E-state index contributed by atoms with van der Waals surface area (Å²) < 4.78 is 5.58. The lowest BCUT2D eigenvalue weighted by molar-refractivity contribution is -0.0387. The van der Waals surface area contributed by atoms with Crippen molar-refractivity contribution in [2.24, 2.45) is 0 Å². The molecule has 1 aliphatic rings. The van der Waals surface area contributed by atoms with Gasteiger partial charge in [-0.1, -0.05) is 23.9 Å². The van der Waals surface area contributed by atoms with Crippen LogP contribution in [0, 0.1) is 0 Å². The number of rotatable bonds is 4. The number of benzene rings is 1. The molecule has 1 aromatic heterocycles. The number of ether oxygens (including phenoxy) is 1. The second-order valence-electron chi connectivity index (χ2n) is 5.73. The van der Waals surface area contributed by atoms with Crippen LogP contribution in [0.2, 0.25) is 0 Å². The van der Waals surface area contributed by atoms with Crippen LogP contribution in [-0.4, -0.2) is 51.3 Å². The number of carbonyl (C=O) groups is 1. The summed E-state index contributed by atoms with van der Waals surface area (Å²) in [5.74, 6) is 0.858. The molecule has 1 saturated heterocycles. The van der Waals surface area contributed by atoms with Crippen molar-refractivity contribution in [2.45, 2.75) is 36.9 Å². The third-order valence-corrected chi connectivity index (χ3v) is 4.79. The molecule has 1 N–H and O–H groups in total. The summed E-state index contributed by atoms with van der Waals surface area (Å²) in [7, 11) is 0. The molecule has 0 bridgehead atoms. The zero-order valence-electron chi connectivity index (χ0n) is 13.2. The van der Waals surface area contributed by atoms with E-state index in [-0.39, 0.29) is 18.1 Å². The van der Waals surface area contributed by atoms with Crippen LogP contribution in [0.4, 0.5) is 0 Å². The quantitative estimate of drug-likeness (QED) is 0.870. The van der Waals surface area contributed by atoms with E-state index in [1.54, 1.807) is 11.8 Å². The van der Waals surface area contributed by atoms with Crippen LogP contribution >= 0.6 is 11.8 Å². The van der Waals surface area contributed by atoms with Crippen LogP contribution in [0.25, 0.3) is 0 Å². The molecule has 1 aliphatic heterocycles. The Kier molecular flexibility index (Phi) is 4.97. The van der Waals surface area contributed by atoms with Crippen molar-refractivity contribution < 1.29 is 9.53 Å². The van der Waals surface area contributed by atoms with Gasteiger partial charge in [-0.25, -0.2) is 4.98 Å². The van der Waals surface area contributed by atoms with Crippen LogP contribution in [0.3, 0.4) is 0 Å². The predicted octanol–water partition coefficient (Wildman–Crippen LogP) is 2.35. The van der Waals surface area contributed by atoms with E-state index in [1.165, 1.54) is 6.33 Å². The Balaban J connectivity index is 1.63. The van der Waals surface area contributed by atoms with E-state index in [0.29, 0.717) is 13.2 Å². The van der Waals surface area contributed by atoms with Crippen LogP contribution < -0.4 is 0 Å². The Bertz CT molecular complexity index is 645. The molecule has 122 valence electrons. The first-order valence-electron chi connectivity index (χ1n) is 7.63. The van der Waals surface area contributed by atoms with Gasteiger partial charge in [0.1, 0.15) is 6.33 Å². The van der Waals surface area contributed by atoms with Gasteiger partial charge in [-0.3, -0.25) is 9.89 Å². The minimum absolute atomic E-state index is 0.0714. The Labute approximate surface area is 139 Å². The van der Waals surface area contributed by atoms with Crippen molar-refractivity contribution in [1.82, 2.24) is 20.1 Å². The fraction of sp³-hybridized carbons (Fsp3) is 0.438. The van der Waals surface area contributed by atoms with E-state index in [9.17, 15) is 4.79 Å². The number of H-pyrrole nitrogens is 1. The number of nitrogens with zero attached hydrogens (tertiary/aromatic N) is 3. The summed E-state index contributed by atoms with van der Waals surface area (Å²) in [6.45, 7) is 5.25. The number of nitrogens with one attached hydrogen (secondary N) is 1. The lowest BCUT2D eigenvalue weighted by atomic mass is 10.1. The summed E-state index contributed by atoms with van der Waals surface area (Å²) in [4.78, 5) is 18.6. The van der Waals surface area contributed by atoms with E-state index >= 15 is 0 Å². The molecule has 1 amide bonds. The highest BCUT2D eigenvalue weighted by molar-refractivity contribution is 7.98. The van der Waals surface area contributed by atoms with Gasteiger partial charge in [-0.2, -0.15) is 5.10 Å². The Morgan fingerprint density at radius 1 is 1.39 bits per heavy atom. The van der Waals surface area contributed by atoms with Crippen molar-refractivity contribution >= 4 is 17.7 Å². The van der Waals surface area contributed by atoms with E-state index in [1.807, 2.05) is 43.0 Å². The highest BCUT2D eigenvalue weighted by Gasteiger charge is 2.28. The molecule has 0 saturated carbocycles. The molecule has 3 rings (SSSR count). The maximum Gasteiger partial charge on any atom is 0.254 e. The Hall–Kier alpha value is -1.86. The Morgan fingerprint density at radius 2 is 2.17 bits per heavy atom. The standard InChI is InChI=1S/C16H20N4O2S/c1-11-8-22-12(2)7-20(11)15(21)14-5-3-13(4-6-14)9-23-16-17-10-18-19-16/h3-6,10-12H,7-9H2,1-2H3,(H,17,18,19)/t11-,12-/m1/s1. The van der Waals surface area contributed by atoms with Gasteiger partial charge >= 0.3 is 0 Å². The number of thioether (sulfide) groups is 1. The second-order valence-corrected chi connectivity index (χ2v) is 6.69. The molecule has 2 aromatic rings. The maximum atomic E-state index is 12.7. The van der Waals surface area contributed by atoms with Gasteiger partial charge in [0.15, 0.2) is 5.16 Å². The maximum absolute atomic E-state index is 12.7. The van der Waals surface area contributed by atoms with E-state index in [2.05, 4.69) is 15.2 Å². The van der Waals surface area contributed by atoms with Gasteiger partial charge in [0.05, 0.1) is 18.8 Å². The molecule has 1 aromatic carbocycles. The molecule has 7 heteroatoms. The fourth-order valence-corrected chi connectivity index (χ4v) is 3.25. The van der Waals surface area contributed by atoms with Crippen molar-refractivity contribution in [2.75, 3.05) is 13.2 Å². The molecule has 0 radical (unpaired) electrons. The molecule has 2 atom stereocenters. The van der Waals surface area contributed by atoms with Gasteiger partial charge in [0.25, 0.3) is 5.91 Å². The highest BCUT2D eigenvalue weighted by atomic mass is 32.2. The van der Waals surface area contributed by atoms with Gasteiger partial charge in [0, 0.05) is 17.9 Å². The van der Waals surface area contributed by atoms with Crippen molar-refractivity contribution in [3.05, 3.63) is 41.7 Å². The van der Waals surface area contributed by atoms with Gasteiger partial charge in [0.2, 0.25) is 0 Å². The molecule has 1 fully saturated rings. The predicted molar refractivity (Wildman–Crippen MR) is 88.3 cm³/mol. The van der Waals surface area contributed by atoms with Crippen molar-refractivity contribution in [1.29, 1.82) is 0 Å². The molecule has 6 nitrogen and oxygen atoms in total. The van der Waals surface area contributed by atoms with Crippen LogP contribution in [0.1, 0.15) is 29.8 Å². The van der Waals surface area contributed by atoms with Crippen LogP contribution in [0.5, 0.6) is 0 Å². The zero-order chi connectivity index (χ0) is 16.2. The zero-order valence-corrected chi connectivity index (χ0v) is 14.0. The number of hydrogen-bond donors (Lipinski definition) is 1. The summed E-state index contributed by atoms with van der Waals surface area (Å²) in [6, 6.07) is 7.88. The molecule has 0 spiro atoms. The SMILES string of the molecule is C[C@@H]1CN(C(=O)c2ccc(CSc3ncn[nH]3)cc2)[C@H](C)CO1. The number of carbonyl (C=O) groups excluding carboxylic acids is 1. The average Bonchev–Trinajstić information content (AvgIpc) is 3.08.